The first kappa shape index (κ1) is 19.8. The molecule has 1 amide bonds. The van der Waals surface area contributed by atoms with E-state index < -0.39 is 10.0 Å². The number of carbonyl (C=O) groups excluding carboxylic acids is 1. The number of ether oxygens (including phenoxy) is 1. The molecule has 0 radical (unpaired) electrons. The molecule has 0 aliphatic carbocycles. The summed E-state index contributed by atoms with van der Waals surface area (Å²) in [7, 11) is -3.32. The van der Waals surface area contributed by atoms with Crippen LogP contribution in [0.25, 0.3) is 0 Å². The maximum Gasteiger partial charge on any atom is 0.262 e. The van der Waals surface area contributed by atoms with Crippen LogP contribution in [0, 0.1) is 13.8 Å². The Morgan fingerprint density at radius 1 is 1.12 bits per heavy atom. The summed E-state index contributed by atoms with van der Waals surface area (Å²) >= 11 is 0. The van der Waals surface area contributed by atoms with Crippen molar-refractivity contribution in [1.29, 1.82) is 0 Å². The van der Waals surface area contributed by atoms with Gasteiger partial charge in [-0.05, 0) is 56.7 Å². The van der Waals surface area contributed by atoms with Crippen molar-refractivity contribution in [2.45, 2.75) is 20.8 Å². The minimum absolute atomic E-state index is 0.129. The van der Waals surface area contributed by atoms with E-state index in [0.29, 0.717) is 18.0 Å². The Morgan fingerprint density at radius 3 is 2.31 bits per heavy atom. The monoisotopic (exact) mass is 376 g/mol. The fourth-order valence-electron chi connectivity index (χ4n) is 2.61. The number of aryl methyl sites for hydroxylation is 2. The van der Waals surface area contributed by atoms with Gasteiger partial charge in [0, 0.05) is 12.2 Å². The van der Waals surface area contributed by atoms with E-state index in [1.807, 2.05) is 32.0 Å². The molecule has 0 aliphatic heterocycles. The van der Waals surface area contributed by atoms with Crippen LogP contribution in [-0.4, -0.2) is 33.7 Å². The summed E-state index contributed by atoms with van der Waals surface area (Å²) in [4.78, 5) is 12.1. The molecule has 0 atom stereocenters. The molecule has 2 rings (SSSR count). The molecule has 0 unspecified atom stereocenters. The van der Waals surface area contributed by atoms with Crippen molar-refractivity contribution in [3.05, 3.63) is 53.6 Å². The molecule has 0 saturated carbocycles. The Kier molecular flexibility index (Phi) is 6.26. The average Bonchev–Trinajstić information content (AvgIpc) is 2.56. The van der Waals surface area contributed by atoms with E-state index in [-0.39, 0.29) is 12.5 Å². The molecule has 0 aromatic heterocycles. The van der Waals surface area contributed by atoms with Crippen LogP contribution in [0.4, 0.5) is 11.4 Å². The van der Waals surface area contributed by atoms with Gasteiger partial charge in [-0.25, -0.2) is 8.42 Å². The third-order valence-corrected chi connectivity index (χ3v) is 5.11. The zero-order valence-corrected chi connectivity index (χ0v) is 16.3. The molecule has 0 spiro atoms. The van der Waals surface area contributed by atoms with Crippen LogP contribution in [0.2, 0.25) is 0 Å². The number of nitrogens with one attached hydrogen (secondary N) is 1. The highest BCUT2D eigenvalue weighted by Crippen LogP contribution is 2.21. The highest BCUT2D eigenvalue weighted by molar-refractivity contribution is 7.92. The van der Waals surface area contributed by atoms with E-state index in [2.05, 4.69) is 5.32 Å². The summed E-state index contributed by atoms with van der Waals surface area (Å²) in [6.45, 7) is 5.91. The summed E-state index contributed by atoms with van der Waals surface area (Å²) in [6, 6.07) is 12.4. The lowest BCUT2D eigenvalue weighted by atomic mass is 10.1. The average molecular weight is 376 g/mol. The Morgan fingerprint density at radius 2 is 1.77 bits per heavy atom. The fourth-order valence-corrected chi connectivity index (χ4v) is 3.58. The van der Waals surface area contributed by atoms with Crippen molar-refractivity contribution < 1.29 is 17.9 Å². The molecule has 1 N–H and O–H groups in total. The van der Waals surface area contributed by atoms with E-state index >= 15 is 0 Å². The molecule has 6 nitrogen and oxygen atoms in total. The van der Waals surface area contributed by atoms with Gasteiger partial charge in [-0.15, -0.1) is 0 Å². The van der Waals surface area contributed by atoms with Crippen molar-refractivity contribution in [3.8, 4) is 5.75 Å². The summed E-state index contributed by atoms with van der Waals surface area (Å²) in [5, 5.41) is 2.81. The van der Waals surface area contributed by atoms with Gasteiger partial charge in [0.2, 0.25) is 10.0 Å². The predicted octanol–water partition coefficient (Wildman–Crippen LogP) is 3.11. The number of carbonyl (C=O) groups is 1. The summed E-state index contributed by atoms with van der Waals surface area (Å²) in [5.41, 5.74) is 3.43. The SMILES string of the molecule is CCN(c1ccc(OCC(=O)Nc2ccc(C)cc2C)cc1)S(C)(=O)=O. The molecule has 0 heterocycles. The Balaban J connectivity index is 1.96. The minimum atomic E-state index is -3.32. The minimum Gasteiger partial charge on any atom is -0.484 e. The topological polar surface area (TPSA) is 75.7 Å². The van der Waals surface area contributed by atoms with Crippen LogP contribution >= 0.6 is 0 Å². The summed E-state index contributed by atoms with van der Waals surface area (Å²) < 4.78 is 30.2. The number of sulfonamides is 1. The number of nitrogens with zero attached hydrogens (tertiary/aromatic N) is 1. The standard InChI is InChI=1S/C19H24N2O4S/c1-5-21(26(4,23)24)16-7-9-17(10-8-16)25-13-19(22)20-18-11-6-14(2)12-15(18)3/h6-12H,5,13H2,1-4H3,(H,20,22). The molecule has 2 aromatic rings. The predicted molar refractivity (Wildman–Crippen MR) is 104 cm³/mol. The molecule has 0 aliphatic rings. The molecular formula is C19H24N2O4S. The van der Waals surface area contributed by atoms with E-state index in [9.17, 15) is 13.2 Å². The van der Waals surface area contributed by atoms with E-state index in [4.69, 9.17) is 4.74 Å². The van der Waals surface area contributed by atoms with Gasteiger partial charge in [-0.1, -0.05) is 17.7 Å². The van der Waals surface area contributed by atoms with Crippen LogP contribution in [-0.2, 0) is 14.8 Å². The Bertz CT molecular complexity index is 877. The third-order valence-electron chi connectivity index (χ3n) is 3.84. The van der Waals surface area contributed by atoms with Crippen LogP contribution in [0.15, 0.2) is 42.5 Å². The second kappa shape index (κ2) is 8.23. The third kappa shape index (κ3) is 5.23. The van der Waals surface area contributed by atoms with Crippen molar-refractivity contribution in [1.82, 2.24) is 0 Å². The lowest BCUT2D eigenvalue weighted by Crippen LogP contribution is -2.29. The first-order valence-corrected chi connectivity index (χ1v) is 10.1. The molecular weight excluding hydrogens is 352 g/mol. The summed E-state index contributed by atoms with van der Waals surface area (Å²) in [5.74, 6) is 0.237. The van der Waals surface area contributed by atoms with Crippen molar-refractivity contribution in [2.75, 3.05) is 29.0 Å². The molecule has 26 heavy (non-hydrogen) atoms. The normalized spacial score (nSPS) is 11.1. The summed E-state index contributed by atoms with van der Waals surface area (Å²) in [6.07, 6.45) is 1.16. The van der Waals surface area contributed by atoms with Crippen LogP contribution < -0.4 is 14.4 Å². The first-order valence-electron chi connectivity index (χ1n) is 8.28. The largest absolute Gasteiger partial charge is 0.484 e. The Labute approximate surface area is 154 Å². The number of anilines is 2. The van der Waals surface area contributed by atoms with Gasteiger partial charge in [0.1, 0.15) is 5.75 Å². The zero-order valence-electron chi connectivity index (χ0n) is 15.4. The smallest absolute Gasteiger partial charge is 0.262 e. The maximum absolute atomic E-state index is 12.1. The number of hydrogen-bond donors (Lipinski definition) is 1. The molecule has 0 bridgehead atoms. The van der Waals surface area contributed by atoms with Gasteiger partial charge >= 0.3 is 0 Å². The quantitative estimate of drug-likeness (QED) is 0.806. The van der Waals surface area contributed by atoms with Crippen molar-refractivity contribution in [3.63, 3.8) is 0 Å². The molecule has 0 fully saturated rings. The van der Waals surface area contributed by atoms with E-state index in [1.165, 1.54) is 4.31 Å². The number of hydrogen-bond acceptors (Lipinski definition) is 4. The van der Waals surface area contributed by atoms with Crippen molar-refractivity contribution in [2.24, 2.45) is 0 Å². The van der Waals surface area contributed by atoms with Gasteiger partial charge in [0.15, 0.2) is 6.61 Å². The van der Waals surface area contributed by atoms with Crippen LogP contribution in [0.3, 0.4) is 0 Å². The maximum atomic E-state index is 12.1. The zero-order chi connectivity index (χ0) is 19.3. The Hall–Kier alpha value is -2.54. The highest BCUT2D eigenvalue weighted by atomic mass is 32.2. The first-order chi connectivity index (χ1) is 12.2. The number of rotatable bonds is 7. The van der Waals surface area contributed by atoms with Crippen molar-refractivity contribution >= 4 is 27.3 Å². The van der Waals surface area contributed by atoms with Gasteiger partial charge in [-0.3, -0.25) is 9.10 Å². The second-order valence-electron chi connectivity index (χ2n) is 6.08. The lowest BCUT2D eigenvalue weighted by molar-refractivity contribution is -0.118. The van der Waals surface area contributed by atoms with E-state index in [0.717, 1.165) is 23.1 Å². The number of amides is 1. The van der Waals surface area contributed by atoms with Gasteiger partial charge in [-0.2, -0.15) is 0 Å². The number of benzene rings is 2. The highest BCUT2D eigenvalue weighted by Gasteiger charge is 2.15. The lowest BCUT2D eigenvalue weighted by Gasteiger charge is -2.20. The molecule has 7 heteroatoms. The molecule has 140 valence electrons. The molecule has 0 saturated heterocycles. The van der Waals surface area contributed by atoms with Crippen LogP contribution in [0.5, 0.6) is 5.75 Å². The molecule has 2 aromatic carbocycles. The van der Waals surface area contributed by atoms with Gasteiger partial charge in [0.25, 0.3) is 5.91 Å². The fraction of sp³-hybridized carbons (Fsp3) is 0.316. The van der Waals surface area contributed by atoms with Crippen LogP contribution in [0.1, 0.15) is 18.1 Å². The van der Waals surface area contributed by atoms with Gasteiger partial charge < -0.3 is 10.1 Å². The second-order valence-corrected chi connectivity index (χ2v) is 7.98. The van der Waals surface area contributed by atoms with E-state index in [1.54, 1.807) is 31.2 Å². The van der Waals surface area contributed by atoms with Gasteiger partial charge in [0.05, 0.1) is 11.9 Å².